The molecule has 1 aromatic rings. The van der Waals surface area contributed by atoms with Gasteiger partial charge in [0.25, 0.3) is 0 Å². The van der Waals surface area contributed by atoms with E-state index in [0.29, 0.717) is 0 Å². The lowest BCUT2D eigenvalue weighted by Crippen LogP contribution is -1.95. The number of nitriles is 1. The van der Waals surface area contributed by atoms with Crippen molar-refractivity contribution in [2.75, 3.05) is 0 Å². The molecule has 0 aliphatic rings. The summed E-state index contributed by atoms with van der Waals surface area (Å²) >= 11 is 4.50. The van der Waals surface area contributed by atoms with Gasteiger partial charge in [-0.15, -0.1) is 0 Å². The van der Waals surface area contributed by atoms with Crippen LogP contribution in [0.4, 0.5) is 0 Å². The Bertz CT molecular complexity index is 358. The molecule has 5 heteroatoms. The van der Waals surface area contributed by atoms with Gasteiger partial charge >= 0.3 is 0 Å². The second kappa shape index (κ2) is 5.36. The molecule has 3 nitrogen and oxygen atoms in total. The number of oxime groups is 1. The Kier molecular flexibility index (Phi) is 4.04. The molecule has 0 atom stereocenters. The Balaban J connectivity index is 2.93. The van der Waals surface area contributed by atoms with Crippen LogP contribution < -0.4 is 0 Å². The molecule has 64 valence electrons. The molecule has 0 heterocycles. The van der Waals surface area contributed by atoms with Crippen molar-refractivity contribution in [3.8, 4) is 6.07 Å². The van der Waals surface area contributed by atoms with Gasteiger partial charge in [-0.3, -0.25) is 0 Å². The van der Waals surface area contributed by atoms with Gasteiger partial charge in [0.15, 0.2) is 5.71 Å². The van der Waals surface area contributed by atoms with E-state index >= 15 is 0 Å². The van der Waals surface area contributed by atoms with Gasteiger partial charge in [-0.1, -0.05) is 35.5 Å². The fourth-order valence-electron chi connectivity index (χ4n) is 0.791. The first-order chi connectivity index (χ1) is 6.38. The van der Waals surface area contributed by atoms with Gasteiger partial charge in [0.1, 0.15) is 6.07 Å². The van der Waals surface area contributed by atoms with Crippen molar-refractivity contribution in [2.45, 2.75) is 0 Å². The van der Waals surface area contributed by atoms with Gasteiger partial charge in [0, 0.05) is 5.56 Å². The number of hydrogen-bond acceptors (Lipinski definition) is 4. The molecular weight excluding hydrogens is 203 g/mol. The third kappa shape index (κ3) is 2.90. The molecular formula is C8H5N2OPS. The van der Waals surface area contributed by atoms with Crippen LogP contribution >= 0.6 is 7.58 Å². The van der Waals surface area contributed by atoms with Crippen LogP contribution in [0.5, 0.6) is 0 Å². The normalized spacial score (nSPS) is 10.8. The van der Waals surface area contributed by atoms with Crippen LogP contribution in [0.2, 0.25) is 0 Å². The molecule has 1 aromatic carbocycles. The van der Waals surface area contributed by atoms with E-state index in [1.54, 1.807) is 12.1 Å². The van der Waals surface area contributed by atoms with Crippen LogP contribution in [-0.2, 0) is 16.4 Å². The summed E-state index contributed by atoms with van der Waals surface area (Å²) in [7, 11) is 0.264. The SMILES string of the molecule is N#CC(=NOP=S)c1ccccc1. The van der Waals surface area contributed by atoms with E-state index < -0.39 is 0 Å². The van der Waals surface area contributed by atoms with Gasteiger partial charge in [0.2, 0.25) is 7.58 Å². The molecule has 0 spiro atoms. The first-order valence-electron chi connectivity index (χ1n) is 3.41. The fraction of sp³-hybridized carbons (Fsp3) is 0. The van der Waals surface area contributed by atoms with Crippen molar-refractivity contribution in [2.24, 2.45) is 5.16 Å². The van der Waals surface area contributed by atoms with E-state index in [4.69, 9.17) is 5.26 Å². The smallest absolute Gasteiger partial charge is 0.239 e. The van der Waals surface area contributed by atoms with Gasteiger partial charge in [0.05, 0.1) is 0 Å². The second-order valence-corrected chi connectivity index (χ2v) is 2.83. The molecule has 0 aliphatic carbocycles. The van der Waals surface area contributed by atoms with Crippen molar-refractivity contribution in [1.82, 2.24) is 0 Å². The molecule has 0 amide bonds. The zero-order valence-corrected chi connectivity index (χ0v) is 8.26. The Morgan fingerprint density at radius 1 is 1.46 bits per heavy atom. The highest BCUT2D eigenvalue weighted by Gasteiger charge is 2.00. The predicted octanol–water partition coefficient (Wildman–Crippen LogP) is 2.25. The van der Waals surface area contributed by atoms with Gasteiger partial charge in [-0.2, -0.15) is 5.26 Å². The topological polar surface area (TPSA) is 45.4 Å². The molecule has 0 N–H and O–H groups in total. The Morgan fingerprint density at radius 3 is 2.69 bits per heavy atom. The lowest BCUT2D eigenvalue weighted by Gasteiger charge is -1.94. The van der Waals surface area contributed by atoms with Crippen LogP contribution in [0.25, 0.3) is 0 Å². The largest absolute Gasteiger partial charge is 0.326 e. The summed E-state index contributed by atoms with van der Waals surface area (Å²) in [4.78, 5) is 0. The van der Waals surface area contributed by atoms with Gasteiger partial charge in [-0.25, -0.2) is 0 Å². The Labute approximate surface area is 82.6 Å². The summed E-state index contributed by atoms with van der Waals surface area (Å²) in [6, 6.07) is 11.0. The molecule has 0 bridgehead atoms. The number of hydrogen-bond donors (Lipinski definition) is 0. The molecule has 0 aromatic heterocycles. The zero-order chi connectivity index (χ0) is 9.52. The second-order valence-electron chi connectivity index (χ2n) is 2.07. The number of benzene rings is 1. The van der Waals surface area contributed by atoms with E-state index in [1.165, 1.54) is 0 Å². The maximum Gasteiger partial charge on any atom is 0.239 e. The van der Waals surface area contributed by atoms with E-state index in [0.717, 1.165) is 5.56 Å². The minimum absolute atomic E-state index is 0.234. The summed E-state index contributed by atoms with van der Waals surface area (Å²) in [5, 5.41) is 12.3. The molecule has 0 unspecified atom stereocenters. The average Bonchev–Trinajstić information content (AvgIpc) is 2.21. The molecule has 0 fully saturated rings. The van der Waals surface area contributed by atoms with Crippen LogP contribution in [-0.4, -0.2) is 5.71 Å². The van der Waals surface area contributed by atoms with Gasteiger partial charge in [-0.05, 0) is 11.8 Å². The molecule has 1 rings (SSSR count). The monoisotopic (exact) mass is 208 g/mol. The fourth-order valence-corrected chi connectivity index (χ4v) is 1.01. The highest BCUT2D eigenvalue weighted by atomic mass is 32.4. The number of nitrogens with zero attached hydrogens (tertiary/aromatic N) is 2. The van der Waals surface area contributed by atoms with Crippen LogP contribution in [0.1, 0.15) is 5.56 Å². The lowest BCUT2D eigenvalue weighted by atomic mass is 10.1. The van der Waals surface area contributed by atoms with E-state index in [1.807, 2.05) is 24.3 Å². The first-order valence-corrected chi connectivity index (χ1v) is 5.23. The highest BCUT2D eigenvalue weighted by Crippen LogP contribution is 2.03. The third-order valence-corrected chi connectivity index (χ3v) is 1.67. The highest BCUT2D eigenvalue weighted by molar-refractivity contribution is 7.94. The van der Waals surface area contributed by atoms with Crippen LogP contribution in [0, 0.1) is 11.3 Å². The summed E-state index contributed by atoms with van der Waals surface area (Å²) in [6.45, 7) is 0. The summed E-state index contributed by atoms with van der Waals surface area (Å²) in [5.41, 5.74) is 0.960. The van der Waals surface area contributed by atoms with Crippen molar-refractivity contribution < 1.29 is 4.62 Å². The third-order valence-electron chi connectivity index (χ3n) is 1.32. The minimum Gasteiger partial charge on any atom is -0.326 e. The summed E-state index contributed by atoms with van der Waals surface area (Å²) in [5.74, 6) is 0. The van der Waals surface area contributed by atoms with E-state index in [-0.39, 0.29) is 13.3 Å². The van der Waals surface area contributed by atoms with Crippen LogP contribution in [0.3, 0.4) is 0 Å². The summed E-state index contributed by atoms with van der Waals surface area (Å²) < 4.78 is 4.59. The van der Waals surface area contributed by atoms with Crippen molar-refractivity contribution in [1.29, 1.82) is 5.26 Å². The first kappa shape index (κ1) is 9.79. The molecule has 0 saturated carbocycles. The Hall–Kier alpha value is -1.30. The Morgan fingerprint density at radius 2 is 2.15 bits per heavy atom. The minimum atomic E-state index is 0.234. The van der Waals surface area contributed by atoms with E-state index in [2.05, 4.69) is 21.6 Å². The lowest BCUT2D eigenvalue weighted by molar-refractivity contribution is 0.403. The maximum atomic E-state index is 8.71. The summed E-state index contributed by atoms with van der Waals surface area (Å²) in [6.07, 6.45) is 0. The predicted molar refractivity (Wildman–Crippen MR) is 54.0 cm³/mol. The van der Waals surface area contributed by atoms with Crippen molar-refractivity contribution in [3.05, 3.63) is 35.9 Å². The number of rotatable bonds is 3. The molecule has 13 heavy (non-hydrogen) atoms. The molecule has 0 radical (unpaired) electrons. The van der Waals surface area contributed by atoms with Gasteiger partial charge < -0.3 is 4.62 Å². The maximum absolute atomic E-state index is 8.71. The van der Waals surface area contributed by atoms with Crippen molar-refractivity contribution >= 4 is 25.1 Å². The van der Waals surface area contributed by atoms with Crippen LogP contribution in [0.15, 0.2) is 35.5 Å². The molecule has 0 aliphatic heterocycles. The van der Waals surface area contributed by atoms with E-state index in [9.17, 15) is 0 Å². The molecule has 0 saturated heterocycles. The quantitative estimate of drug-likeness (QED) is 0.434. The van der Waals surface area contributed by atoms with Crippen molar-refractivity contribution in [3.63, 3.8) is 0 Å². The average molecular weight is 208 g/mol. The zero-order valence-electron chi connectivity index (χ0n) is 6.54. The standard InChI is InChI=1S/C8H5N2OPS/c9-6-8(10-11-12-13)7-4-2-1-3-5-7/h1-5H.